The van der Waals surface area contributed by atoms with Gasteiger partial charge in [0.1, 0.15) is 22.6 Å². The summed E-state index contributed by atoms with van der Waals surface area (Å²) < 4.78 is 26.9. The fourth-order valence-electron chi connectivity index (χ4n) is 5.11. The Morgan fingerprint density at radius 1 is 1.26 bits per heavy atom. The topological polar surface area (TPSA) is 109 Å². The van der Waals surface area contributed by atoms with Crippen LogP contribution in [0.1, 0.15) is 46.5 Å². The zero-order valence-corrected chi connectivity index (χ0v) is 21.6. The molecule has 4 atom stereocenters. The molecule has 2 aromatic rings. The van der Waals surface area contributed by atoms with Crippen LogP contribution in [0.4, 0.5) is 9.18 Å². The highest BCUT2D eigenvalue weighted by atomic mass is 35.5. The van der Waals surface area contributed by atoms with Crippen LogP contribution in [0.25, 0.3) is 10.9 Å². The van der Waals surface area contributed by atoms with Gasteiger partial charge in [-0.1, -0.05) is 23.4 Å². The number of rotatable bonds is 5. The molecule has 3 aliphatic rings. The molecule has 5 rings (SSSR count). The number of hydrogen-bond donors (Lipinski definition) is 2. The van der Waals surface area contributed by atoms with Gasteiger partial charge in [-0.15, -0.1) is 0 Å². The first-order valence-electron chi connectivity index (χ1n) is 11.8. The third-order valence-electron chi connectivity index (χ3n) is 6.74. The lowest BCUT2D eigenvalue weighted by molar-refractivity contribution is -0.00902. The number of fused-ring (bicyclic) bond motifs is 3. The number of H-pyrrole nitrogens is 1. The highest BCUT2D eigenvalue weighted by molar-refractivity contribution is 7.98. The van der Waals surface area contributed by atoms with Gasteiger partial charge in [0, 0.05) is 12.6 Å². The number of nitrogens with one attached hydrogen (secondary N) is 2. The van der Waals surface area contributed by atoms with Crippen molar-refractivity contribution in [1.29, 1.82) is 0 Å². The molecule has 2 aliphatic heterocycles. The van der Waals surface area contributed by atoms with Gasteiger partial charge >= 0.3 is 6.09 Å². The van der Waals surface area contributed by atoms with E-state index >= 15 is 0 Å². The molecule has 1 unspecified atom stereocenters. The predicted octanol–water partition coefficient (Wildman–Crippen LogP) is 3.73. The van der Waals surface area contributed by atoms with Gasteiger partial charge < -0.3 is 19.8 Å². The first kappa shape index (κ1) is 24.6. The highest BCUT2D eigenvalue weighted by Gasteiger charge is 2.52. The maximum absolute atomic E-state index is 14.8. The Balaban J connectivity index is 1.50. The minimum Gasteiger partial charge on any atom is -0.472 e. The van der Waals surface area contributed by atoms with E-state index in [4.69, 9.17) is 21.1 Å². The van der Waals surface area contributed by atoms with Crippen molar-refractivity contribution in [3.05, 3.63) is 21.3 Å². The Hall–Kier alpha value is -2.11. The standard InChI is InChI=1S/C23H29ClFN5O4S/c1-23(2,3)34-22(32)30-11-7-8-12(30)15(26-9-11)17(10-5-6-10)33-20-13-16(14(25)18(24)28-20)27-21(35-4)29-19(13)31/h10-12,15,17,26H,5-9H2,1-4H3,(H,27,29,31)/t11-,12+,15+,17?/m1/s1. The van der Waals surface area contributed by atoms with Gasteiger partial charge in [0.25, 0.3) is 5.56 Å². The molecule has 190 valence electrons. The fourth-order valence-corrected chi connectivity index (χ4v) is 5.65. The number of carbonyl (C=O) groups is 1. The maximum Gasteiger partial charge on any atom is 0.410 e. The Bertz CT molecular complexity index is 1220. The van der Waals surface area contributed by atoms with Gasteiger partial charge in [-0.05, 0) is 58.6 Å². The third-order valence-corrected chi connectivity index (χ3v) is 7.57. The minimum atomic E-state index is -0.857. The van der Waals surface area contributed by atoms with Gasteiger partial charge in [-0.2, -0.15) is 4.98 Å². The van der Waals surface area contributed by atoms with E-state index in [0.717, 1.165) is 25.7 Å². The second kappa shape index (κ2) is 9.08. The van der Waals surface area contributed by atoms with E-state index in [2.05, 4.69) is 20.3 Å². The molecule has 2 N–H and O–H groups in total. The summed E-state index contributed by atoms with van der Waals surface area (Å²) in [5, 5.41) is 3.36. The monoisotopic (exact) mass is 525 g/mol. The van der Waals surface area contributed by atoms with Crippen molar-refractivity contribution in [1.82, 2.24) is 25.2 Å². The highest BCUT2D eigenvalue weighted by Crippen LogP contribution is 2.42. The lowest BCUT2D eigenvalue weighted by atomic mass is 9.96. The van der Waals surface area contributed by atoms with E-state index in [1.165, 1.54) is 11.8 Å². The number of piperazine rings is 1. The number of amides is 1. The van der Waals surface area contributed by atoms with Crippen LogP contribution >= 0.6 is 23.4 Å². The summed E-state index contributed by atoms with van der Waals surface area (Å²) >= 11 is 7.27. The van der Waals surface area contributed by atoms with E-state index < -0.39 is 22.1 Å². The van der Waals surface area contributed by atoms with Crippen LogP contribution in [-0.2, 0) is 4.74 Å². The van der Waals surface area contributed by atoms with Crippen molar-refractivity contribution in [2.75, 3.05) is 12.8 Å². The van der Waals surface area contributed by atoms with Gasteiger partial charge in [-0.25, -0.2) is 14.2 Å². The normalized spacial score (nSPS) is 25.1. The molecule has 2 bridgehead atoms. The molecule has 1 amide bonds. The Morgan fingerprint density at radius 2 is 2.00 bits per heavy atom. The van der Waals surface area contributed by atoms with Crippen LogP contribution in [0.2, 0.25) is 5.15 Å². The Morgan fingerprint density at radius 3 is 2.66 bits per heavy atom. The average Bonchev–Trinajstić information content (AvgIpc) is 3.58. The summed E-state index contributed by atoms with van der Waals surface area (Å²) in [7, 11) is 0. The van der Waals surface area contributed by atoms with Gasteiger partial charge in [0.15, 0.2) is 16.1 Å². The zero-order chi connectivity index (χ0) is 25.1. The zero-order valence-electron chi connectivity index (χ0n) is 20.1. The number of ether oxygens (including phenoxy) is 2. The summed E-state index contributed by atoms with van der Waals surface area (Å²) in [5.41, 5.74) is -1.31. The summed E-state index contributed by atoms with van der Waals surface area (Å²) in [5.74, 6) is -0.692. The van der Waals surface area contributed by atoms with Crippen LogP contribution in [0.3, 0.4) is 0 Å². The maximum atomic E-state index is 14.8. The molecule has 2 saturated heterocycles. The van der Waals surface area contributed by atoms with Gasteiger partial charge in [0.2, 0.25) is 5.88 Å². The molecule has 0 spiro atoms. The molecule has 1 saturated carbocycles. The van der Waals surface area contributed by atoms with E-state index in [9.17, 15) is 14.0 Å². The first-order valence-corrected chi connectivity index (χ1v) is 13.4. The average molecular weight is 526 g/mol. The van der Waals surface area contributed by atoms with Crippen molar-refractivity contribution in [2.45, 2.75) is 81.4 Å². The first-order chi connectivity index (χ1) is 16.6. The summed E-state index contributed by atoms with van der Waals surface area (Å²) in [6.07, 6.45) is 4.59. The van der Waals surface area contributed by atoms with Crippen molar-refractivity contribution in [2.24, 2.45) is 5.92 Å². The van der Waals surface area contributed by atoms with Crippen LogP contribution in [0.5, 0.6) is 5.88 Å². The summed E-state index contributed by atoms with van der Waals surface area (Å²) in [4.78, 5) is 38.7. The molecular weight excluding hydrogens is 497 g/mol. The third kappa shape index (κ3) is 4.70. The summed E-state index contributed by atoms with van der Waals surface area (Å²) in [6.45, 7) is 6.17. The van der Waals surface area contributed by atoms with E-state index in [0.29, 0.717) is 6.54 Å². The molecule has 12 heteroatoms. The molecule has 0 radical (unpaired) electrons. The number of thioether (sulfide) groups is 1. The van der Waals surface area contributed by atoms with Crippen molar-refractivity contribution in [3.8, 4) is 5.88 Å². The SMILES string of the molecule is CSc1nc2c(F)c(Cl)nc(OC(C3CC3)[C@H]3NC[C@H]4CC[C@@H]3N4C(=O)OC(C)(C)C)c2c(=O)[nH]1. The van der Waals surface area contributed by atoms with Crippen LogP contribution < -0.4 is 15.6 Å². The van der Waals surface area contributed by atoms with Crippen molar-refractivity contribution >= 4 is 40.4 Å². The Labute approximate surface area is 211 Å². The van der Waals surface area contributed by atoms with Gasteiger partial charge in [-0.3, -0.25) is 9.69 Å². The molecule has 2 aromatic heterocycles. The second-order valence-electron chi connectivity index (χ2n) is 10.4. The molecule has 9 nitrogen and oxygen atoms in total. The number of halogens is 2. The largest absolute Gasteiger partial charge is 0.472 e. The number of nitrogens with zero attached hydrogens (tertiary/aromatic N) is 3. The molecule has 4 heterocycles. The molecule has 0 aromatic carbocycles. The number of hydrogen-bond acceptors (Lipinski definition) is 8. The Kier molecular flexibility index (Phi) is 6.38. The lowest BCUT2D eigenvalue weighted by Gasteiger charge is -2.43. The van der Waals surface area contributed by atoms with Gasteiger partial charge in [0.05, 0.1) is 12.1 Å². The quantitative estimate of drug-likeness (QED) is 0.345. The predicted molar refractivity (Wildman–Crippen MR) is 131 cm³/mol. The second-order valence-corrected chi connectivity index (χ2v) is 11.5. The van der Waals surface area contributed by atoms with E-state index in [1.807, 2.05) is 25.7 Å². The molecular formula is C23H29ClFN5O4S. The molecule has 35 heavy (non-hydrogen) atoms. The van der Waals surface area contributed by atoms with Crippen molar-refractivity contribution < 1.29 is 18.7 Å². The van der Waals surface area contributed by atoms with Crippen LogP contribution in [0, 0.1) is 11.7 Å². The number of carbonyl (C=O) groups excluding carboxylic acids is 1. The van der Waals surface area contributed by atoms with Crippen molar-refractivity contribution in [3.63, 3.8) is 0 Å². The number of aromatic amines is 1. The van der Waals surface area contributed by atoms with Crippen LogP contribution in [-0.4, -0.2) is 68.6 Å². The smallest absolute Gasteiger partial charge is 0.410 e. The lowest BCUT2D eigenvalue weighted by Crippen LogP contribution is -2.65. The number of pyridine rings is 1. The van der Waals surface area contributed by atoms with E-state index in [1.54, 1.807) is 6.26 Å². The van der Waals surface area contributed by atoms with Crippen LogP contribution in [0.15, 0.2) is 9.95 Å². The molecule has 1 aliphatic carbocycles. The number of aromatic nitrogens is 3. The minimum absolute atomic E-state index is 0.0459. The fraction of sp³-hybridized carbons (Fsp3) is 0.652. The summed E-state index contributed by atoms with van der Waals surface area (Å²) in [6, 6.07) is -0.273. The van der Waals surface area contributed by atoms with E-state index in [-0.39, 0.29) is 58.2 Å². The molecule has 3 fully saturated rings.